The number of carbonyl (C=O) groups excluding carboxylic acids is 1. The number of hydrogen-bond donors (Lipinski definition) is 1. The van der Waals surface area contributed by atoms with Crippen molar-refractivity contribution in [1.29, 1.82) is 0 Å². The molecule has 1 N–H and O–H groups in total. The highest BCUT2D eigenvalue weighted by Crippen LogP contribution is 2.16. The Balaban J connectivity index is 2.14. The van der Waals surface area contributed by atoms with Gasteiger partial charge in [0.15, 0.2) is 0 Å². The molecule has 0 fully saturated rings. The van der Waals surface area contributed by atoms with Crippen molar-refractivity contribution in [2.45, 2.75) is 13.0 Å². The van der Waals surface area contributed by atoms with Crippen LogP contribution in [0.1, 0.15) is 12.0 Å². The lowest BCUT2D eigenvalue weighted by molar-refractivity contribution is -0.131. The zero-order chi connectivity index (χ0) is 13.0. The van der Waals surface area contributed by atoms with Crippen molar-refractivity contribution in [2.24, 2.45) is 0 Å². The maximum absolute atomic E-state index is 11.6. The smallest absolute Gasteiger partial charge is 0.224 e. The molecule has 0 radical (unpaired) electrons. The quantitative estimate of drug-likeness (QED) is 0.894. The fourth-order valence-electron chi connectivity index (χ4n) is 1.99. The third kappa shape index (κ3) is 2.87. The molecule has 0 bridgehead atoms. The van der Waals surface area contributed by atoms with Crippen molar-refractivity contribution in [3.63, 3.8) is 0 Å². The van der Waals surface area contributed by atoms with Gasteiger partial charge in [0.25, 0.3) is 0 Å². The van der Waals surface area contributed by atoms with Gasteiger partial charge in [-0.1, -0.05) is 36.4 Å². The van der Waals surface area contributed by atoms with Gasteiger partial charge in [-0.05, 0) is 22.4 Å². The molecule has 0 spiro atoms. The molecule has 94 valence electrons. The molecule has 0 heterocycles. The van der Waals surface area contributed by atoms with Crippen LogP contribution in [-0.2, 0) is 11.3 Å². The predicted octanol–water partition coefficient (Wildman–Crippen LogP) is 2.18. The molecule has 1 amide bonds. The van der Waals surface area contributed by atoms with Crippen LogP contribution in [0.2, 0.25) is 0 Å². The van der Waals surface area contributed by atoms with E-state index in [1.807, 2.05) is 18.2 Å². The van der Waals surface area contributed by atoms with E-state index >= 15 is 0 Å². The summed E-state index contributed by atoms with van der Waals surface area (Å²) in [5.41, 5.74) is 1.10. The number of aliphatic hydroxyl groups excluding tert-OH is 1. The number of carbonyl (C=O) groups is 1. The van der Waals surface area contributed by atoms with Crippen LogP contribution in [0.3, 0.4) is 0 Å². The first-order valence-corrected chi connectivity index (χ1v) is 6.03. The number of nitrogens with zero attached hydrogens (tertiary/aromatic N) is 1. The first kappa shape index (κ1) is 12.6. The first-order valence-electron chi connectivity index (χ1n) is 6.03. The van der Waals surface area contributed by atoms with Gasteiger partial charge in [0, 0.05) is 20.0 Å². The molecule has 0 saturated heterocycles. The van der Waals surface area contributed by atoms with Crippen molar-refractivity contribution >= 4 is 16.7 Å². The fourth-order valence-corrected chi connectivity index (χ4v) is 1.99. The molecule has 0 aliphatic carbocycles. The van der Waals surface area contributed by atoms with Crippen LogP contribution in [0.5, 0.6) is 0 Å². The summed E-state index contributed by atoms with van der Waals surface area (Å²) in [5, 5.41) is 11.1. The second-order valence-electron chi connectivity index (χ2n) is 4.40. The third-order valence-corrected chi connectivity index (χ3v) is 2.99. The third-order valence-electron chi connectivity index (χ3n) is 2.99. The number of fused-ring (bicyclic) bond motifs is 1. The highest BCUT2D eigenvalue weighted by molar-refractivity contribution is 5.83. The van der Waals surface area contributed by atoms with Crippen molar-refractivity contribution in [2.75, 3.05) is 13.7 Å². The zero-order valence-corrected chi connectivity index (χ0v) is 10.5. The van der Waals surface area contributed by atoms with Crippen LogP contribution in [0.4, 0.5) is 0 Å². The number of amides is 1. The topological polar surface area (TPSA) is 40.5 Å². The Kier molecular flexibility index (Phi) is 3.95. The summed E-state index contributed by atoms with van der Waals surface area (Å²) < 4.78 is 0. The van der Waals surface area contributed by atoms with Crippen LogP contribution in [0.15, 0.2) is 42.5 Å². The Morgan fingerprint density at radius 2 is 1.89 bits per heavy atom. The molecule has 2 aromatic rings. The molecule has 0 atom stereocenters. The van der Waals surface area contributed by atoms with Gasteiger partial charge < -0.3 is 10.0 Å². The summed E-state index contributed by atoms with van der Waals surface area (Å²) in [4.78, 5) is 13.2. The minimum absolute atomic E-state index is 0.0364. The van der Waals surface area contributed by atoms with E-state index in [0.29, 0.717) is 6.54 Å². The number of benzene rings is 2. The zero-order valence-electron chi connectivity index (χ0n) is 10.5. The minimum atomic E-state index is -0.0963. The van der Waals surface area contributed by atoms with Crippen molar-refractivity contribution in [3.8, 4) is 0 Å². The maximum Gasteiger partial charge on any atom is 0.224 e. The highest BCUT2D eigenvalue weighted by atomic mass is 16.3. The molecule has 2 aromatic carbocycles. The van der Waals surface area contributed by atoms with Crippen molar-refractivity contribution in [1.82, 2.24) is 4.90 Å². The number of rotatable bonds is 4. The van der Waals surface area contributed by atoms with E-state index in [1.165, 1.54) is 10.8 Å². The monoisotopic (exact) mass is 243 g/mol. The second-order valence-corrected chi connectivity index (χ2v) is 4.40. The standard InChI is InChI=1S/C15H17NO2/c1-16(15(18)8-9-17)11-12-6-7-13-4-2-3-5-14(13)10-12/h2-7,10,17H,8-9,11H2,1H3. The van der Waals surface area contributed by atoms with E-state index in [9.17, 15) is 4.79 Å². The summed E-state index contributed by atoms with van der Waals surface area (Å²) >= 11 is 0. The van der Waals surface area contributed by atoms with Gasteiger partial charge in [0.2, 0.25) is 5.91 Å². The second kappa shape index (κ2) is 5.65. The van der Waals surface area contributed by atoms with Crippen LogP contribution in [0, 0.1) is 0 Å². The van der Waals surface area contributed by atoms with Crippen LogP contribution >= 0.6 is 0 Å². The van der Waals surface area contributed by atoms with Crippen molar-refractivity contribution < 1.29 is 9.90 Å². The summed E-state index contributed by atoms with van der Waals surface area (Å²) in [6, 6.07) is 14.3. The molecular weight excluding hydrogens is 226 g/mol. The Morgan fingerprint density at radius 3 is 2.61 bits per heavy atom. The SMILES string of the molecule is CN(Cc1ccc2ccccc2c1)C(=O)CCO. The van der Waals surface area contributed by atoms with E-state index < -0.39 is 0 Å². The molecule has 0 saturated carbocycles. The Bertz CT molecular complexity index is 551. The van der Waals surface area contributed by atoms with Crippen LogP contribution in [-0.4, -0.2) is 29.6 Å². The first-order chi connectivity index (χ1) is 8.70. The molecule has 0 aliphatic rings. The van der Waals surface area contributed by atoms with E-state index in [4.69, 9.17) is 5.11 Å². The van der Waals surface area contributed by atoms with Gasteiger partial charge >= 0.3 is 0 Å². The van der Waals surface area contributed by atoms with Crippen molar-refractivity contribution in [3.05, 3.63) is 48.0 Å². The summed E-state index contributed by atoms with van der Waals surface area (Å²) in [7, 11) is 1.76. The van der Waals surface area contributed by atoms with E-state index in [-0.39, 0.29) is 18.9 Å². The van der Waals surface area contributed by atoms with Gasteiger partial charge in [0.05, 0.1) is 6.61 Å². The van der Waals surface area contributed by atoms with Gasteiger partial charge in [-0.2, -0.15) is 0 Å². The van der Waals surface area contributed by atoms with Crippen LogP contribution < -0.4 is 0 Å². The number of aliphatic hydroxyl groups is 1. The van der Waals surface area contributed by atoms with Gasteiger partial charge in [-0.3, -0.25) is 4.79 Å². The predicted molar refractivity (Wildman–Crippen MR) is 72.1 cm³/mol. The van der Waals surface area contributed by atoms with Gasteiger partial charge in [-0.15, -0.1) is 0 Å². The minimum Gasteiger partial charge on any atom is -0.396 e. The lowest BCUT2D eigenvalue weighted by Crippen LogP contribution is -2.26. The Morgan fingerprint density at radius 1 is 1.17 bits per heavy atom. The molecule has 0 unspecified atom stereocenters. The van der Waals surface area contributed by atoms with Gasteiger partial charge in [-0.25, -0.2) is 0 Å². The van der Waals surface area contributed by atoms with E-state index in [2.05, 4.69) is 24.3 Å². The lowest BCUT2D eigenvalue weighted by Gasteiger charge is -2.17. The van der Waals surface area contributed by atoms with Gasteiger partial charge in [0.1, 0.15) is 0 Å². The summed E-state index contributed by atoms with van der Waals surface area (Å²) in [6.07, 6.45) is 0.185. The van der Waals surface area contributed by atoms with E-state index in [0.717, 1.165) is 5.56 Å². The normalized spacial score (nSPS) is 10.6. The average molecular weight is 243 g/mol. The summed E-state index contributed by atoms with van der Waals surface area (Å²) in [5.74, 6) is -0.0364. The van der Waals surface area contributed by atoms with E-state index in [1.54, 1.807) is 11.9 Å². The Labute approximate surface area is 107 Å². The summed E-state index contributed by atoms with van der Waals surface area (Å²) in [6.45, 7) is 0.477. The molecule has 2 rings (SSSR count). The molecule has 3 nitrogen and oxygen atoms in total. The molecule has 18 heavy (non-hydrogen) atoms. The fraction of sp³-hybridized carbons (Fsp3) is 0.267. The lowest BCUT2D eigenvalue weighted by atomic mass is 10.1. The molecule has 0 aliphatic heterocycles. The molecule has 0 aromatic heterocycles. The molecular formula is C15H17NO2. The highest BCUT2D eigenvalue weighted by Gasteiger charge is 2.08. The largest absolute Gasteiger partial charge is 0.396 e. The molecule has 3 heteroatoms. The average Bonchev–Trinajstić information content (AvgIpc) is 2.39. The maximum atomic E-state index is 11.6. The Hall–Kier alpha value is -1.87. The van der Waals surface area contributed by atoms with Crippen LogP contribution in [0.25, 0.3) is 10.8 Å². The number of hydrogen-bond acceptors (Lipinski definition) is 2.